The standard InChI is InChI=1S/C16H21N3O/c17-11-5-2-6-12-18-14-9-10-16(19-13-14)20-15-7-3-1-4-8-15/h1,3-4,7-10,13,18H,2,5-6,11-12,17H2. The second-order valence-corrected chi connectivity index (χ2v) is 4.58. The summed E-state index contributed by atoms with van der Waals surface area (Å²) in [6.07, 6.45) is 5.16. The maximum atomic E-state index is 5.64. The van der Waals surface area contributed by atoms with Crippen molar-refractivity contribution in [2.45, 2.75) is 19.3 Å². The molecule has 106 valence electrons. The molecule has 1 aromatic carbocycles. The van der Waals surface area contributed by atoms with E-state index < -0.39 is 0 Å². The number of hydrogen-bond acceptors (Lipinski definition) is 4. The van der Waals surface area contributed by atoms with Crippen LogP contribution in [0.4, 0.5) is 5.69 Å². The summed E-state index contributed by atoms with van der Waals surface area (Å²) in [5.41, 5.74) is 6.47. The monoisotopic (exact) mass is 271 g/mol. The lowest BCUT2D eigenvalue weighted by Crippen LogP contribution is -2.04. The predicted octanol–water partition coefficient (Wildman–Crippen LogP) is 3.41. The van der Waals surface area contributed by atoms with E-state index in [9.17, 15) is 0 Å². The molecule has 0 fully saturated rings. The van der Waals surface area contributed by atoms with Crippen molar-refractivity contribution in [1.82, 2.24) is 4.98 Å². The average molecular weight is 271 g/mol. The van der Waals surface area contributed by atoms with Gasteiger partial charge in [-0.15, -0.1) is 0 Å². The summed E-state index contributed by atoms with van der Waals surface area (Å²) in [6, 6.07) is 13.5. The molecule has 4 nitrogen and oxygen atoms in total. The largest absolute Gasteiger partial charge is 0.439 e. The molecule has 3 N–H and O–H groups in total. The van der Waals surface area contributed by atoms with Crippen molar-refractivity contribution in [3.8, 4) is 11.6 Å². The van der Waals surface area contributed by atoms with E-state index in [1.54, 1.807) is 6.20 Å². The second kappa shape index (κ2) is 8.17. The molecule has 4 heteroatoms. The topological polar surface area (TPSA) is 60.2 Å². The number of para-hydroxylation sites is 1. The number of nitrogens with one attached hydrogen (secondary N) is 1. The summed E-state index contributed by atoms with van der Waals surface area (Å²) in [5.74, 6) is 1.40. The van der Waals surface area contributed by atoms with Gasteiger partial charge in [0.1, 0.15) is 5.75 Å². The fraction of sp³-hybridized carbons (Fsp3) is 0.312. The molecule has 0 bridgehead atoms. The number of nitrogens with two attached hydrogens (primary N) is 1. The molecule has 1 aromatic heterocycles. The van der Waals surface area contributed by atoms with Gasteiger partial charge in [-0.2, -0.15) is 0 Å². The Morgan fingerprint density at radius 3 is 2.55 bits per heavy atom. The Bertz CT molecular complexity index is 485. The Morgan fingerprint density at radius 2 is 1.85 bits per heavy atom. The Labute approximate surface area is 120 Å². The SMILES string of the molecule is NCCCCCNc1ccc(Oc2ccccc2)nc1. The summed E-state index contributed by atoms with van der Waals surface area (Å²) in [7, 11) is 0. The average Bonchev–Trinajstić information content (AvgIpc) is 2.50. The van der Waals surface area contributed by atoms with Gasteiger partial charge in [0, 0.05) is 12.6 Å². The highest BCUT2D eigenvalue weighted by Gasteiger charge is 1.98. The van der Waals surface area contributed by atoms with Crippen molar-refractivity contribution in [3.05, 3.63) is 48.7 Å². The van der Waals surface area contributed by atoms with E-state index in [0.717, 1.165) is 43.8 Å². The number of anilines is 1. The molecule has 20 heavy (non-hydrogen) atoms. The molecule has 2 aromatic rings. The molecule has 0 saturated heterocycles. The van der Waals surface area contributed by atoms with E-state index in [1.807, 2.05) is 42.5 Å². The lowest BCUT2D eigenvalue weighted by atomic mass is 10.2. The molecule has 0 unspecified atom stereocenters. The fourth-order valence-corrected chi connectivity index (χ4v) is 1.83. The van der Waals surface area contributed by atoms with E-state index >= 15 is 0 Å². The lowest BCUT2D eigenvalue weighted by molar-refractivity contribution is 0.463. The van der Waals surface area contributed by atoms with Crippen molar-refractivity contribution in [2.24, 2.45) is 5.73 Å². The zero-order chi connectivity index (χ0) is 14.0. The first kappa shape index (κ1) is 14.3. The lowest BCUT2D eigenvalue weighted by Gasteiger charge is -2.07. The van der Waals surface area contributed by atoms with E-state index in [2.05, 4.69) is 10.3 Å². The fourth-order valence-electron chi connectivity index (χ4n) is 1.83. The number of pyridine rings is 1. The predicted molar refractivity (Wildman–Crippen MR) is 82.1 cm³/mol. The third-order valence-electron chi connectivity index (χ3n) is 2.91. The van der Waals surface area contributed by atoms with E-state index in [0.29, 0.717) is 5.88 Å². The minimum Gasteiger partial charge on any atom is -0.439 e. The van der Waals surface area contributed by atoms with Gasteiger partial charge < -0.3 is 15.8 Å². The molecular weight excluding hydrogens is 250 g/mol. The molecule has 2 rings (SSSR count). The van der Waals surface area contributed by atoms with Gasteiger partial charge in [-0.1, -0.05) is 24.6 Å². The van der Waals surface area contributed by atoms with Crippen LogP contribution < -0.4 is 15.8 Å². The number of nitrogens with zero attached hydrogens (tertiary/aromatic N) is 1. The highest BCUT2D eigenvalue weighted by molar-refractivity contribution is 5.42. The maximum absolute atomic E-state index is 5.64. The van der Waals surface area contributed by atoms with E-state index in [4.69, 9.17) is 10.5 Å². The van der Waals surface area contributed by atoms with Crippen LogP contribution in [-0.4, -0.2) is 18.1 Å². The van der Waals surface area contributed by atoms with Crippen molar-refractivity contribution in [1.29, 1.82) is 0 Å². The van der Waals surface area contributed by atoms with Crippen molar-refractivity contribution in [3.63, 3.8) is 0 Å². The van der Waals surface area contributed by atoms with Crippen LogP contribution in [0.3, 0.4) is 0 Å². The summed E-state index contributed by atoms with van der Waals surface area (Å²) in [5, 5.41) is 3.34. The Kier molecular flexibility index (Phi) is 5.86. The zero-order valence-corrected chi connectivity index (χ0v) is 11.6. The number of aromatic nitrogens is 1. The first-order valence-electron chi connectivity index (χ1n) is 7.01. The van der Waals surface area contributed by atoms with Crippen LogP contribution in [0.2, 0.25) is 0 Å². The van der Waals surface area contributed by atoms with Crippen LogP contribution in [0.5, 0.6) is 11.6 Å². The molecule has 0 aliphatic rings. The van der Waals surface area contributed by atoms with Gasteiger partial charge in [-0.05, 0) is 37.6 Å². The molecule has 0 atom stereocenters. The zero-order valence-electron chi connectivity index (χ0n) is 11.6. The molecule has 0 aliphatic heterocycles. The van der Waals surface area contributed by atoms with Gasteiger partial charge in [0.2, 0.25) is 5.88 Å². The first-order valence-corrected chi connectivity index (χ1v) is 7.01. The molecule has 0 saturated carbocycles. The normalized spacial score (nSPS) is 10.2. The highest BCUT2D eigenvalue weighted by Crippen LogP contribution is 2.19. The van der Waals surface area contributed by atoms with Crippen molar-refractivity contribution < 1.29 is 4.74 Å². The quantitative estimate of drug-likeness (QED) is 0.722. The summed E-state index contributed by atoms with van der Waals surface area (Å²) < 4.78 is 5.64. The van der Waals surface area contributed by atoms with E-state index in [1.165, 1.54) is 0 Å². The molecular formula is C16H21N3O. The number of ether oxygens (including phenoxy) is 1. The molecule has 0 amide bonds. The summed E-state index contributed by atoms with van der Waals surface area (Å²) in [6.45, 7) is 1.72. The third-order valence-corrected chi connectivity index (χ3v) is 2.91. The van der Waals surface area contributed by atoms with Gasteiger partial charge >= 0.3 is 0 Å². The smallest absolute Gasteiger partial charge is 0.219 e. The second-order valence-electron chi connectivity index (χ2n) is 4.58. The van der Waals surface area contributed by atoms with Crippen LogP contribution in [0.1, 0.15) is 19.3 Å². The Hall–Kier alpha value is -2.07. The van der Waals surface area contributed by atoms with Crippen molar-refractivity contribution >= 4 is 5.69 Å². The number of rotatable bonds is 8. The summed E-state index contributed by atoms with van der Waals surface area (Å²) >= 11 is 0. The van der Waals surface area contributed by atoms with Gasteiger partial charge in [-0.3, -0.25) is 0 Å². The van der Waals surface area contributed by atoms with Gasteiger partial charge in [0.25, 0.3) is 0 Å². The molecule has 0 spiro atoms. The minimum absolute atomic E-state index is 0.602. The minimum atomic E-state index is 0.602. The summed E-state index contributed by atoms with van der Waals surface area (Å²) in [4.78, 5) is 4.28. The van der Waals surface area contributed by atoms with Crippen LogP contribution in [0, 0.1) is 0 Å². The van der Waals surface area contributed by atoms with E-state index in [-0.39, 0.29) is 0 Å². The molecule has 0 aliphatic carbocycles. The van der Waals surface area contributed by atoms with Crippen LogP contribution >= 0.6 is 0 Å². The van der Waals surface area contributed by atoms with Crippen LogP contribution in [0.15, 0.2) is 48.7 Å². The van der Waals surface area contributed by atoms with Crippen LogP contribution in [0.25, 0.3) is 0 Å². The van der Waals surface area contributed by atoms with Gasteiger partial charge in [-0.25, -0.2) is 4.98 Å². The molecule has 0 radical (unpaired) electrons. The highest BCUT2D eigenvalue weighted by atomic mass is 16.5. The third kappa shape index (κ3) is 4.90. The number of benzene rings is 1. The molecule has 1 heterocycles. The first-order chi connectivity index (χ1) is 9.88. The van der Waals surface area contributed by atoms with Gasteiger partial charge in [0.05, 0.1) is 11.9 Å². The van der Waals surface area contributed by atoms with Crippen LogP contribution in [-0.2, 0) is 0 Å². The Balaban J connectivity index is 1.78. The number of hydrogen-bond donors (Lipinski definition) is 2. The van der Waals surface area contributed by atoms with Gasteiger partial charge in [0.15, 0.2) is 0 Å². The number of unbranched alkanes of at least 4 members (excludes halogenated alkanes) is 2. The Morgan fingerprint density at radius 1 is 1.00 bits per heavy atom. The maximum Gasteiger partial charge on any atom is 0.219 e. The van der Waals surface area contributed by atoms with Crippen molar-refractivity contribution in [2.75, 3.05) is 18.4 Å².